The van der Waals surface area contributed by atoms with Crippen LogP contribution in [0.4, 0.5) is 0 Å². The second-order valence-electron chi connectivity index (χ2n) is 5.10. The first-order valence-corrected chi connectivity index (χ1v) is 6.13. The molecule has 0 aromatic rings. The van der Waals surface area contributed by atoms with Crippen molar-refractivity contribution in [3.05, 3.63) is 0 Å². The summed E-state index contributed by atoms with van der Waals surface area (Å²) in [5.41, 5.74) is 0. The Morgan fingerprint density at radius 2 is 1.92 bits per heavy atom. The molecule has 0 aromatic carbocycles. The van der Waals surface area contributed by atoms with Gasteiger partial charge in [0.25, 0.3) is 0 Å². The lowest BCUT2D eigenvalue weighted by Crippen LogP contribution is -2.54. The molecule has 78 valence electrons. The molecule has 3 heteroatoms. The molecule has 2 atom stereocenters. The molecule has 0 aromatic heterocycles. The summed E-state index contributed by atoms with van der Waals surface area (Å²) in [6.07, 6.45) is 1.21. The van der Waals surface area contributed by atoms with Gasteiger partial charge >= 0.3 is 0 Å². The van der Waals surface area contributed by atoms with Gasteiger partial charge in [0.15, 0.2) is 0 Å². The van der Waals surface area contributed by atoms with Crippen molar-refractivity contribution in [2.75, 3.05) is 6.54 Å². The summed E-state index contributed by atoms with van der Waals surface area (Å²) in [4.78, 5) is 0. The number of hydrogen-bond donors (Lipinski definition) is 0. The maximum absolute atomic E-state index is 12.0. The van der Waals surface area contributed by atoms with Crippen LogP contribution in [0.15, 0.2) is 0 Å². The van der Waals surface area contributed by atoms with Gasteiger partial charge in [-0.25, -0.2) is 8.51 Å². The Bertz CT molecular complexity index is 207. The van der Waals surface area contributed by atoms with Crippen LogP contribution >= 0.6 is 0 Å². The predicted molar refractivity (Wildman–Crippen MR) is 57.8 cm³/mol. The van der Waals surface area contributed by atoms with Gasteiger partial charge in [0, 0.05) is 12.6 Å². The Kier molecular flexibility index (Phi) is 3.18. The smallest absolute Gasteiger partial charge is 0.1000 e. The zero-order chi connectivity index (χ0) is 10.2. The molecule has 0 radical (unpaired) electrons. The van der Waals surface area contributed by atoms with Crippen molar-refractivity contribution in [2.45, 2.75) is 51.8 Å². The van der Waals surface area contributed by atoms with E-state index < -0.39 is 11.0 Å². The van der Waals surface area contributed by atoms with E-state index in [2.05, 4.69) is 18.2 Å². The SMILES string of the molecule is CC(C)[C@H]1CCN1S(=O)C(C)(C)C. The van der Waals surface area contributed by atoms with Crippen LogP contribution in [0.3, 0.4) is 0 Å². The number of hydrogen-bond acceptors (Lipinski definition) is 1. The molecule has 1 aliphatic heterocycles. The minimum atomic E-state index is -0.813. The van der Waals surface area contributed by atoms with Crippen molar-refractivity contribution in [3.63, 3.8) is 0 Å². The van der Waals surface area contributed by atoms with Gasteiger partial charge in [-0.2, -0.15) is 0 Å². The maximum atomic E-state index is 12.0. The predicted octanol–water partition coefficient (Wildman–Crippen LogP) is 2.18. The molecule has 0 spiro atoms. The van der Waals surface area contributed by atoms with E-state index in [4.69, 9.17) is 0 Å². The first kappa shape index (κ1) is 11.2. The summed E-state index contributed by atoms with van der Waals surface area (Å²) in [6, 6.07) is 0.542. The quantitative estimate of drug-likeness (QED) is 0.673. The van der Waals surface area contributed by atoms with Crippen molar-refractivity contribution in [2.24, 2.45) is 5.92 Å². The minimum Gasteiger partial charge on any atom is -0.242 e. The molecule has 0 aliphatic carbocycles. The van der Waals surface area contributed by atoms with Crippen molar-refractivity contribution in [1.82, 2.24) is 4.31 Å². The lowest BCUT2D eigenvalue weighted by atomic mass is 9.95. The monoisotopic (exact) mass is 203 g/mol. The zero-order valence-electron chi connectivity index (χ0n) is 9.33. The van der Waals surface area contributed by atoms with E-state index in [0.29, 0.717) is 12.0 Å². The maximum Gasteiger partial charge on any atom is 0.1000 e. The highest BCUT2D eigenvalue weighted by Crippen LogP contribution is 2.30. The summed E-state index contributed by atoms with van der Waals surface area (Å²) in [5.74, 6) is 0.625. The molecule has 1 saturated heterocycles. The third-order valence-electron chi connectivity index (χ3n) is 2.52. The van der Waals surface area contributed by atoms with Crippen LogP contribution in [0, 0.1) is 5.92 Å². The summed E-state index contributed by atoms with van der Waals surface area (Å²) >= 11 is 0. The average Bonchev–Trinajstić information content (AvgIpc) is 1.80. The molecule has 0 bridgehead atoms. The fraction of sp³-hybridized carbons (Fsp3) is 1.00. The first-order chi connectivity index (χ1) is 5.84. The van der Waals surface area contributed by atoms with Gasteiger partial charge in [-0.1, -0.05) is 13.8 Å². The van der Waals surface area contributed by atoms with E-state index in [1.165, 1.54) is 6.42 Å². The molecule has 1 rings (SSSR count). The Hall–Kier alpha value is 0.110. The standard InChI is InChI=1S/C10H21NOS/c1-8(2)9-6-7-11(9)13(12)10(3,4)5/h8-9H,6-7H2,1-5H3/t9-,13?/m1/s1. The molecular weight excluding hydrogens is 182 g/mol. The summed E-state index contributed by atoms with van der Waals surface area (Å²) < 4.78 is 14.0. The van der Waals surface area contributed by atoms with E-state index in [-0.39, 0.29) is 4.75 Å². The molecule has 0 N–H and O–H groups in total. The van der Waals surface area contributed by atoms with Gasteiger partial charge in [-0.3, -0.25) is 0 Å². The largest absolute Gasteiger partial charge is 0.242 e. The minimum absolute atomic E-state index is 0.104. The van der Waals surface area contributed by atoms with E-state index in [1.54, 1.807) is 0 Å². The number of nitrogens with zero attached hydrogens (tertiary/aromatic N) is 1. The van der Waals surface area contributed by atoms with Gasteiger partial charge in [-0.15, -0.1) is 0 Å². The molecule has 1 heterocycles. The third kappa shape index (κ3) is 2.32. The highest BCUT2D eigenvalue weighted by molar-refractivity contribution is 7.84. The zero-order valence-corrected chi connectivity index (χ0v) is 10.1. The van der Waals surface area contributed by atoms with Crippen LogP contribution < -0.4 is 0 Å². The van der Waals surface area contributed by atoms with Gasteiger partial charge < -0.3 is 0 Å². The molecule has 13 heavy (non-hydrogen) atoms. The lowest BCUT2D eigenvalue weighted by Gasteiger charge is -2.44. The van der Waals surface area contributed by atoms with E-state index >= 15 is 0 Å². The van der Waals surface area contributed by atoms with Crippen molar-refractivity contribution < 1.29 is 4.21 Å². The Morgan fingerprint density at radius 1 is 1.38 bits per heavy atom. The molecule has 0 amide bonds. The number of rotatable bonds is 2. The average molecular weight is 203 g/mol. The highest BCUT2D eigenvalue weighted by Gasteiger charge is 2.38. The fourth-order valence-electron chi connectivity index (χ4n) is 1.61. The highest BCUT2D eigenvalue weighted by atomic mass is 32.2. The summed E-state index contributed by atoms with van der Waals surface area (Å²) in [5, 5.41) is 0. The van der Waals surface area contributed by atoms with E-state index in [9.17, 15) is 4.21 Å². The van der Waals surface area contributed by atoms with Gasteiger partial charge in [0.05, 0.1) is 15.7 Å². The Labute approximate surface area is 84.3 Å². The molecule has 0 saturated carbocycles. The topological polar surface area (TPSA) is 20.3 Å². The second kappa shape index (κ2) is 3.70. The van der Waals surface area contributed by atoms with Crippen LogP contribution in [0.5, 0.6) is 0 Å². The second-order valence-corrected chi connectivity index (χ2v) is 7.29. The van der Waals surface area contributed by atoms with Crippen molar-refractivity contribution >= 4 is 11.0 Å². The molecule has 1 fully saturated rings. The van der Waals surface area contributed by atoms with Crippen LogP contribution in [0.25, 0.3) is 0 Å². The first-order valence-electron chi connectivity index (χ1n) is 5.02. The molecular formula is C10H21NOS. The normalized spacial score (nSPS) is 27.4. The van der Waals surface area contributed by atoms with Crippen LogP contribution in [-0.4, -0.2) is 25.8 Å². The van der Waals surface area contributed by atoms with Crippen molar-refractivity contribution in [3.8, 4) is 0 Å². The van der Waals surface area contributed by atoms with E-state index in [0.717, 1.165) is 6.54 Å². The summed E-state index contributed by atoms with van der Waals surface area (Å²) in [6.45, 7) is 11.5. The van der Waals surface area contributed by atoms with E-state index in [1.807, 2.05) is 20.8 Å². The van der Waals surface area contributed by atoms with Crippen LogP contribution in [0.1, 0.15) is 41.0 Å². The third-order valence-corrected chi connectivity index (χ3v) is 4.45. The lowest BCUT2D eigenvalue weighted by molar-refractivity contribution is 0.156. The Balaban J connectivity index is 2.60. The van der Waals surface area contributed by atoms with Crippen LogP contribution in [0.2, 0.25) is 0 Å². The molecule has 1 unspecified atom stereocenters. The summed E-state index contributed by atoms with van der Waals surface area (Å²) in [7, 11) is -0.813. The Morgan fingerprint density at radius 3 is 2.15 bits per heavy atom. The molecule has 2 nitrogen and oxygen atoms in total. The van der Waals surface area contributed by atoms with Crippen molar-refractivity contribution in [1.29, 1.82) is 0 Å². The fourth-order valence-corrected chi connectivity index (χ4v) is 3.18. The van der Waals surface area contributed by atoms with Gasteiger partial charge in [-0.05, 0) is 33.1 Å². The van der Waals surface area contributed by atoms with Crippen LogP contribution in [-0.2, 0) is 11.0 Å². The van der Waals surface area contributed by atoms with Gasteiger partial charge in [0.1, 0.15) is 0 Å². The molecule has 1 aliphatic rings. The van der Waals surface area contributed by atoms with Gasteiger partial charge in [0.2, 0.25) is 0 Å².